The summed E-state index contributed by atoms with van der Waals surface area (Å²) in [6.45, 7) is 5.51. The molecule has 0 aromatic carbocycles. The van der Waals surface area contributed by atoms with Crippen LogP contribution in [0.1, 0.15) is 27.2 Å². The van der Waals surface area contributed by atoms with Gasteiger partial charge in [-0.15, -0.1) is 0 Å². The number of β-amino-alcohol motifs (C(OH)–C–C–N with tert-alkyl or cyclic N) is 1. The fourth-order valence-corrected chi connectivity index (χ4v) is 1.66. The number of nitrogens with one attached hydrogen (secondary N) is 1. The van der Waals surface area contributed by atoms with E-state index < -0.39 is 29.7 Å². The Morgan fingerprint density at radius 1 is 1.38 bits per heavy atom. The standard InChI is InChI=1S/C10H18N2O4/c1-10(2,3)11-9(16)12-5-6(13)4-7(12)8(14)15/h6-7,13H,4-5H2,1-3H3,(H,11,16)(H,14,15)/t6?,7-/m0/s1. The Morgan fingerprint density at radius 3 is 2.38 bits per heavy atom. The van der Waals surface area contributed by atoms with Gasteiger partial charge in [0.05, 0.1) is 6.10 Å². The molecule has 1 fully saturated rings. The lowest BCUT2D eigenvalue weighted by Crippen LogP contribution is -2.51. The number of hydrogen-bond donors (Lipinski definition) is 3. The summed E-state index contributed by atoms with van der Waals surface area (Å²) in [5.41, 5.74) is -0.423. The maximum Gasteiger partial charge on any atom is 0.326 e. The number of aliphatic hydroxyl groups excluding tert-OH is 1. The Bertz CT molecular complexity index is 298. The third-order valence-corrected chi connectivity index (χ3v) is 2.31. The highest BCUT2D eigenvalue weighted by molar-refractivity contribution is 5.83. The normalized spacial score (nSPS) is 25.6. The number of carbonyl (C=O) groups is 2. The second kappa shape index (κ2) is 4.29. The summed E-state index contributed by atoms with van der Waals surface area (Å²) in [6.07, 6.45) is -0.667. The van der Waals surface area contributed by atoms with Crippen LogP contribution >= 0.6 is 0 Å². The number of urea groups is 1. The molecule has 0 spiro atoms. The van der Waals surface area contributed by atoms with Gasteiger partial charge in [0.1, 0.15) is 6.04 Å². The van der Waals surface area contributed by atoms with Gasteiger partial charge in [0, 0.05) is 18.5 Å². The zero-order chi connectivity index (χ0) is 12.5. The van der Waals surface area contributed by atoms with Crippen LogP contribution in [0.3, 0.4) is 0 Å². The average molecular weight is 230 g/mol. The number of likely N-dealkylation sites (tertiary alicyclic amines) is 1. The number of carboxylic acid groups (broad SMARTS) is 1. The van der Waals surface area contributed by atoms with Crippen molar-refractivity contribution >= 4 is 12.0 Å². The molecule has 1 rings (SSSR count). The highest BCUT2D eigenvalue weighted by atomic mass is 16.4. The van der Waals surface area contributed by atoms with Crippen LogP contribution in [-0.4, -0.2) is 51.3 Å². The molecule has 0 bridgehead atoms. The molecule has 1 unspecified atom stereocenters. The number of amides is 2. The molecule has 1 heterocycles. The van der Waals surface area contributed by atoms with Crippen LogP contribution in [0, 0.1) is 0 Å². The van der Waals surface area contributed by atoms with Gasteiger partial charge in [-0.1, -0.05) is 0 Å². The smallest absolute Gasteiger partial charge is 0.326 e. The first kappa shape index (κ1) is 12.8. The fourth-order valence-electron chi connectivity index (χ4n) is 1.66. The lowest BCUT2D eigenvalue weighted by atomic mass is 10.1. The van der Waals surface area contributed by atoms with E-state index in [4.69, 9.17) is 5.11 Å². The number of aliphatic hydroxyl groups is 1. The van der Waals surface area contributed by atoms with Crippen molar-refractivity contribution < 1.29 is 19.8 Å². The van der Waals surface area contributed by atoms with Crippen molar-refractivity contribution in [3.05, 3.63) is 0 Å². The van der Waals surface area contributed by atoms with Gasteiger partial charge in [-0.2, -0.15) is 0 Å². The molecule has 6 nitrogen and oxygen atoms in total. The Kier molecular flexibility index (Phi) is 3.42. The molecular formula is C10H18N2O4. The van der Waals surface area contributed by atoms with Gasteiger partial charge in [-0.05, 0) is 20.8 Å². The zero-order valence-corrected chi connectivity index (χ0v) is 9.73. The number of carbonyl (C=O) groups excluding carboxylic acids is 1. The average Bonchev–Trinajstić information content (AvgIpc) is 2.44. The highest BCUT2D eigenvalue weighted by Gasteiger charge is 2.39. The van der Waals surface area contributed by atoms with E-state index in [0.717, 1.165) is 4.90 Å². The van der Waals surface area contributed by atoms with Gasteiger partial charge in [0.15, 0.2) is 0 Å². The van der Waals surface area contributed by atoms with Crippen LogP contribution in [0.25, 0.3) is 0 Å². The second-order valence-corrected chi connectivity index (χ2v) is 5.08. The molecule has 92 valence electrons. The van der Waals surface area contributed by atoms with Crippen molar-refractivity contribution in [2.75, 3.05) is 6.54 Å². The first-order valence-corrected chi connectivity index (χ1v) is 5.20. The maximum atomic E-state index is 11.8. The largest absolute Gasteiger partial charge is 0.480 e. The van der Waals surface area contributed by atoms with Crippen molar-refractivity contribution in [2.45, 2.75) is 44.9 Å². The predicted octanol–water partition coefficient (Wildman–Crippen LogP) is 0.0143. The van der Waals surface area contributed by atoms with Crippen LogP contribution in [0.4, 0.5) is 4.79 Å². The molecule has 1 saturated heterocycles. The zero-order valence-electron chi connectivity index (χ0n) is 9.73. The van der Waals surface area contributed by atoms with E-state index in [1.165, 1.54) is 0 Å². The molecule has 16 heavy (non-hydrogen) atoms. The van der Waals surface area contributed by atoms with Gasteiger partial charge in [-0.3, -0.25) is 0 Å². The van der Waals surface area contributed by atoms with Gasteiger partial charge in [0.25, 0.3) is 0 Å². The topological polar surface area (TPSA) is 89.9 Å². The number of rotatable bonds is 1. The van der Waals surface area contributed by atoms with Crippen LogP contribution in [0.2, 0.25) is 0 Å². The summed E-state index contributed by atoms with van der Waals surface area (Å²) < 4.78 is 0. The van der Waals surface area contributed by atoms with Crippen LogP contribution in [0.5, 0.6) is 0 Å². The van der Waals surface area contributed by atoms with E-state index in [1.54, 1.807) is 0 Å². The van der Waals surface area contributed by atoms with Crippen LogP contribution in [-0.2, 0) is 4.79 Å². The molecular weight excluding hydrogens is 212 g/mol. The molecule has 0 aromatic heterocycles. The van der Waals surface area contributed by atoms with Gasteiger partial charge in [0.2, 0.25) is 0 Å². The molecule has 2 amide bonds. The molecule has 1 aliphatic rings. The lowest BCUT2D eigenvalue weighted by molar-refractivity contribution is -0.141. The predicted molar refractivity (Wildman–Crippen MR) is 57.0 cm³/mol. The molecule has 3 N–H and O–H groups in total. The first-order valence-electron chi connectivity index (χ1n) is 5.20. The highest BCUT2D eigenvalue weighted by Crippen LogP contribution is 2.18. The van der Waals surface area contributed by atoms with Crippen molar-refractivity contribution in [1.82, 2.24) is 10.2 Å². The summed E-state index contributed by atoms with van der Waals surface area (Å²) in [6, 6.07) is -1.38. The van der Waals surface area contributed by atoms with Crippen molar-refractivity contribution in [2.24, 2.45) is 0 Å². The lowest BCUT2D eigenvalue weighted by Gasteiger charge is -2.27. The molecule has 2 atom stereocenters. The first-order chi connectivity index (χ1) is 7.20. The molecule has 0 aliphatic carbocycles. The maximum absolute atomic E-state index is 11.8. The van der Waals surface area contributed by atoms with Crippen molar-refractivity contribution in [3.8, 4) is 0 Å². The second-order valence-electron chi connectivity index (χ2n) is 5.08. The summed E-state index contributed by atoms with van der Waals surface area (Å²) in [7, 11) is 0. The van der Waals surface area contributed by atoms with E-state index >= 15 is 0 Å². The summed E-state index contributed by atoms with van der Waals surface area (Å²) in [4.78, 5) is 23.8. The third-order valence-electron chi connectivity index (χ3n) is 2.31. The number of aliphatic carboxylic acids is 1. The summed E-state index contributed by atoms with van der Waals surface area (Å²) in [5.74, 6) is -1.08. The summed E-state index contributed by atoms with van der Waals surface area (Å²) in [5, 5.41) is 21.0. The number of hydrogen-bond acceptors (Lipinski definition) is 3. The van der Waals surface area contributed by atoms with Crippen molar-refractivity contribution in [1.29, 1.82) is 0 Å². The van der Waals surface area contributed by atoms with Gasteiger partial charge >= 0.3 is 12.0 Å². The third kappa shape index (κ3) is 3.10. The molecule has 0 saturated carbocycles. The Hall–Kier alpha value is -1.30. The molecule has 1 aliphatic heterocycles. The molecule has 6 heteroatoms. The monoisotopic (exact) mass is 230 g/mol. The minimum absolute atomic E-state index is 0.0683. The van der Waals surface area contributed by atoms with Crippen LogP contribution in [0.15, 0.2) is 0 Å². The van der Waals surface area contributed by atoms with E-state index in [-0.39, 0.29) is 13.0 Å². The quantitative estimate of drug-likeness (QED) is 0.592. The number of carboxylic acids is 1. The van der Waals surface area contributed by atoms with E-state index in [1.807, 2.05) is 20.8 Å². The minimum Gasteiger partial charge on any atom is -0.480 e. The van der Waals surface area contributed by atoms with E-state index in [9.17, 15) is 14.7 Å². The Morgan fingerprint density at radius 2 is 1.94 bits per heavy atom. The Labute approximate surface area is 94.2 Å². The van der Waals surface area contributed by atoms with E-state index in [0.29, 0.717) is 0 Å². The molecule has 0 radical (unpaired) electrons. The summed E-state index contributed by atoms with van der Waals surface area (Å²) >= 11 is 0. The minimum atomic E-state index is -1.08. The van der Waals surface area contributed by atoms with Crippen LogP contribution < -0.4 is 5.32 Å². The SMILES string of the molecule is CC(C)(C)NC(=O)N1CC(O)C[C@H]1C(=O)O. The van der Waals surface area contributed by atoms with Gasteiger partial charge < -0.3 is 20.4 Å². The number of nitrogens with zero attached hydrogens (tertiary/aromatic N) is 1. The van der Waals surface area contributed by atoms with Crippen molar-refractivity contribution in [3.63, 3.8) is 0 Å². The van der Waals surface area contributed by atoms with Gasteiger partial charge in [-0.25, -0.2) is 9.59 Å². The Balaban J connectivity index is 2.71. The molecule has 0 aromatic rings. The van der Waals surface area contributed by atoms with E-state index in [2.05, 4.69) is 5.32 Å². The fraction of sp³-hybridized carbons (Fsp3) is 0.800.